The standard InChI is InChI=1S/C23H24N4O3/c28-21(24-15-19-7-4-12-30-19)20-13-23(20)8-10-26(11-9-23)22(29)17-14-25-27(16-17)18-5-2-1-3-6-18/h1-7,12,14,16,20H,8-11,13,15H2,(H,24,28). The first-order chi connectivity index (χ1) is 14.6. The normalized spacial score (nSPS) is 19.6. The minimum atomic E-state index is 0.00602. The molecule has 30 heavy (non-hydrogen) atoms. The van der Waals surface area contributed by atoms with Crippen LogP contribution < -0.4 is 5.32 Å². The molecule has 1 unspecified atom stereocenters. The molecule has 7 nitrogen and oxygen atoms in total. The molecule has 7 heteroatoms. The lowest BCUT2D eigenvalue weighted by Crippen LogP contribution is -2.40. The van der Waals surface area contributed by atoms with Gasteiger partial charge in [-0.25, -0.2) is 4.68 Å². The van der Waals surface area contributed by atoms with Crippen LogP contribution in [0.5, 0.6) is 0 Å². The maximum atomic E-state index is 12.9. The van der Waals surface area contributed by atoms with Crippen LogP contribution in [0.1, 0.15) is 35.4 Å². The van der Waals surface area contributed by atoms with Crippen molar-refractivity contribution in [1.82, 2.24) is 20.0 Å². The highest BCUT2D eigenvalue weighted by Gasteiger charge is 2.58. The van der Waals surface area contributed by atoms with E-state index in [-0.39, 0.29) is 23.1 Å². The third kappa shape index (κ3) is 3.51. The summed E-state index contributed by atoms with van der Waals surface area (Å²) in [6, 6.07) is 13.4. The highest BCUT2D eigenvalue weighted by molar-refractivity contribution is 5.94. The topological polar surface area (TPSA) is 80.4 Å². The second-order valence-electron chi connectivity index (χ2n) is 8.22. The number of carbonyl (C=O) groups excluding carboxylic acids is 2. The Kier molecular flexibility index (Phi) is 4.65. The van der Waals surface area contributed by atoms with Crippen molar-refractivity contribution in [2.24, 2.45) is 11.3 Å². The molecule has 1 N–H and O–H groups in total. The fourth-order valence-corrected chi connectivity index (χ4v) is 4.47. The van der Waals surface area contributed by atoms with Crippen LogP contribution in [0.3, 0.4) is 0 Å². The maximum absolute atomic E-state index is 12.9. The van der Waals surface area contributed by atoms with Gasteiger partial charge in [0.05, 0.1) is 30.3 Å². The molecule has 154 valence electrons. The number of nitrogens with one attached hydrogen (secondary N) is 1. The number of likely N-dealkylation sites (tertiary alicyclic amines) is 1. The quantitative estimate of drug-likeness (QED) is 0.709. The van der Waals surface area contributed by atoms with Crippen LogP contribution >= 0.6 is 0 Å². The van der Waals surface area contributed by atoms with Crippen molar-refractivity contribution in [2.75, 3.05) is 13.1 Å². The summed E-state index contributed by atoms with van der Waals surface area (Å²) in [6.07, 6.45) is 7.65. The van der Waals surface area contributed by atoms with Gasteiger partial charge in [0.15, 0.2) is 0 Å². The van der Waals surface area contributed by atoms with Crippen LogP contribution in [0.15, 0.2) is 65.5 Å². The van der Waals surface area contributed by atoms with Crippen LogP contribution in [0.4, 0.5) is 0 Å². The van der Waals surface area contributed by atoms with Gasteiger partial charge in [-0.05, 0) is 48.9 Å². The number of benzene rings is 1. The molecule has 1 aliphatic carbocycles. The predicted molar refractivity (Wildman–Crippen MR) is 110 cm³/mol. The van der Waals surface area contributed by atoms with Crippen LogP contribution in [0, 0.1) is 11.3 Å². The zero-order chi connectivity index (χ0) is 20.6. The summed E-state index contributed by atoms with van der Waals surface area (Å²) in [5.74, 6) is 0.905. The predicted octanol–water partition coefficient (Wildman–Crippen LogP) is 3.02. The number of nitrogens with zero attached hydrogens (tertiary/aromatic N) is 3. The highest BCUT2D eigenvalue weighted by Crippen LogP contribution is 2.59. The van der Waals surface area contributed by atoms with Crippen molar-refractivity contribution in [3.05, 3.63) is 72.4 Å². The minimum Gasteiger partial charge on any atom is -0.467 e. The molecule has 2 aromatic heterocycles. The SMILES string of the molecule is O=C(NCc1ccco1)C1CC12CCN(C(=O)c1cnn(-c3ccccc3)c1)CC2. The molecule has 0 bridgehead atoms. The zero-order valence-corrected chi connectivity index (χ0v) is 16.7. The Balaban J connectivity index is 1.15. The third-order valence-electron chi connectivity index (χ3n) is 6.42. The van der Waals surface area contributed by atoms with Crippen molar-refractivity contribution in [3.8, 4) is 5.69 Å². The van der Waals surface area contributed by atoms with Crippen LogP contribution in [0.25, 0.3) is 5.69 Å². The zero-order valence-electron chi connectivity index (χ0n) is 16.7. The molecule has 0 radical (unpaired) electrons. The Morgan fingerprint density at radius 3 is 2.67 bits per heavy atom. The van der Waals surface area contributed by atoms with E-state index in [4.69, 9.17) is 4.42 Å². The fraction of sp³-hybridized carbons (Fsp3) is 0.348. The Bertz CT molecular complexity index is 1030. The summed E-state index contributed by atoms with van der Waals surface area (Å²) in [5.41, 5.74) is 1.58. The van der Waals surface area contributed by atoms with E-state index in [9.17, 15) is 9.59 Å². The Morgan fingerprint density at radius 1 is 1.13 bits per heavy atom. The molecule has 1 aromatic carbocycles. The number of hydrogen-bond acceptors (Lipinski definition) is 4. The average molecular weight is 404 g/mol. The van der Waals surface area contributed by atoms with E-state index in [1.807, 2.05) is 47.4 Å². The summed E-state index contributed by atoms with van der Waals surface area (Å²) in [4.78, 5) is 27.3. The second kappa shape index (κ2) is 7.48. The molecule has 1 aliphatic heterocycles. The summed E-state index contributed by atoms with van der Waals surface area (Å²) < 4.78 is 6.99. The summed E-state index contributed by atoms with van der Waals surface area (Å²) in [6.45, 7) is 1.78. The summed E-state index contributed by atoms with van der Waals surface area (Å²) in [7, 11) is 0. The van der Waals surface area contributed by atoms with Gasteiger partial charge in [0.1, 0.15) is 5.76 Å². The molecule has 3 aromatic rings. The van der Waals surface area contributed by atoms with Crippen molar-refractivity contribution in [1.29, 1.82) is 0 Å². The maximum Gasteiger partial charge on any atom is 0.257 e. The van der Waals surface area contributed by atoms with Gasteiger partial charge in [-0.2, -0.15) is 5.10 Å². The summed E-state index contributed by atoms with van der Waals surface area (Å²) >= 11 is 0. The number of aromatic nitrogens is 2. The molecule has 5 rings (SSSR count). The third-order valence-corrected chi connectivity index (χ3v) is 6.42. The van der Waals surface area contributed by atoms with E-state index in [1.165, 1.54) is 0 Å². The second-order valence-corrected chi connectivity index (χ2v) is 8.22. The van der Waals surface area contributed by atoms with Crippen LogP contribution in [0.2, 0.25) is 0 Å². The highest BCUT2D eigenvalue weighted by atomic mass is 16.3. The van der Waals surface area contributed by atoms with Gasteiger partial charge in [0.2, 0.25) is 5.91 Å². The van der Waals surface area contributed by atoms with E-state index in [1.54, 1.807) is 23.3 Å². The van der Waals surface area contributed by atoms with E-state index in [0.29, 0.717) is 25.2 Å². The first kappa shape index (κ1) is 18.7. The van der Waals surface area contributed by atoms with Gasteiger partial charge >= 0.3 is 0 Å². The Morgan fingerprint density at radius 2 is 1.93 bits per heavy atom. The van der Waals surface area contributed by atoms with Gasteiger partial charge in [-0.15, -0.1) is 0 Å². The van der Waals surface area contributed by atoms with Crippen LogP contribution in [-0.4, -0.2) is 39.6 Å². The van der Waals surface area contributed by atoms with E-state index in [0.717, 1.165) is 30.7 Å². The van der Waals surface area contributed by atoms with Gasteiger partial charge in [0, 0.05) is 25.2 Å². The number of carbonyl (C=O) groups is 2. The van der Waals surface area contributed by atoms with Crippen molar-refractivity contribution < 1.29 is 14.0 Å². The van der Waals surface area contributed by atoms with Crippen molar-refractivity contribution in [2.45, 2.75) is 25.8 Å². The molecule has 2 fully saturated rings. The van der Waals surface area contributed by atoms with Crippen molar-refractivity contribution in [3.63, 3.8) is 0 Å². The largest absolute Gasteiger partial charge is 0.467 e. The molecule has 1 saturated carbocycles. The van der Waals surface area contributed by atoms with Gasteiger partial charge in [0.25, 0.3) is 5.91 Å². The van der Waals surface area contributed by atoms with Gasteiger partial charge in [-0.1, -0.05) is 18.2 Å². The molecule has 1 atom stereocenters. The lowest BCUT2D eigenvalue weighted by molar-refractivity contribution is -0.123. The Labute approximate surface area is 174 Å². The van der Waals surface area contributed by atoms with Gasteiger partial charge < -0.3 is 14.6 Å². The summed E-state index contributed by atoms with van der Waals surface area (Å²) in [5, 5.41) is 7.30. The number of para-hydroxylation sites is 1. The van der Waals surface area contributed by atoms with E-state index >= 15 is 0 Å². The fourth-order valence-electron chi connectivity index (χ4n) is 4.47. The Hall–Kier alpha value is -3.35. The van der Waals surface area contributed by atoms with E-state index < -0.39 is 0 Å². The smallest absolute Gasteiger partial charge is 0.257 e. The lowest BCUT2D eigenvalue weighted by Gasteiger charge is -2.32. The average Bonchev–Trinajstić information content (AvgIpc) is 3.18. The van der Waals surface area contributed by atoms with Gasteiger partial charge in [-0.3, -0.25) is 9.59 Å². The molecule has 1 saturated heterocycles. The first-order valence-corrected chi connectivity index (χ1v) is 10.3. The van der Waals surface area contributed by atoms with E-state index in [2.05, 4.69) is 10.4 Å². The molecule has 3 heterocycles. The van der Waals surface area contributed by atoms with Crippen molar-refractivity contribution >= 4 is 11.8 Å². The molecular weight excluding hydrogens is 380 g/mol. The molecule has 2 amide bonds. The number of piperidine rings is 1. The first-order valence-electron chi connectivity index (χ1n) is 10.3. The number of rotatable bonds is 5. The van der Waals surface area contributed by atoms with Crippen LogP contribution in [-0.2, 0) is 11.3 Å². The molecule has 1 spiro atoms. The minimum absolute atomic E-state index is 0.00602. The number of amides is 2. The number of hydrogen-bond donors (Lipinski definition) is 1. The molecular formula is C23H24N4O3. The molecule has 2 aliphatic rings. The lowest BCUT2D eigenvalue weighted by atomic mass is 9.90. The monoisotopic (exact) mass is 404 g/mol. The number of furan rings is 1.